The maximum Gasteiger partial charge on any atom is 0.319 e. The van der Waals surface area contributed by atoms with Gasteiger partial charge in [0.25, 0.3) is 5.91 Å². The number of hydrogen-bond donors (Lipinski definition) is 1. The van der Waals surface area contributed by atoms with Crippen molar-refractivity contribution < 1.29 is 14.3 Å². The molecule has 2 aromatic rings. The molecule has 0 bridgehead atoms. The molecule has 30 heavy (non-hydrogen) atoms. The number of carbonyl (C=O) groups is 2. The van der Waals surface area contributed by atoms with E-state index in [9.17, 15) is 9.59 Å². The molecule has 0 aliphatic carbocycles. The molecular formula is C20H29N7O3. The Morgan fingerprint density at radius 3 is 2.77 bits per heavy atom. The van der Waals surface area contributed by atoms with Gasteiger partial charge >= 0.3 is 6.03 Å². The SMILES string of the molecule is CN(C)C(=O)N1CC[C@H](c2nnc3ccc(C(=O)NCCN4CCOCC4)cn23)C1. The van der Waals surface area contributed by atoms with Gasteiger partial charge < -0.3 is 19.9 Å². The molecule has 10 nitrogen and oxygen atoms in total. The Balaban J connectivity index is 1.41. The second kappa shape index (κ2) is 8.97. The van der Waals surface area contributed by atoms with Crippen molar-refractivity contribution in [3.63, 3.8) is 0 Å². The zero-order valence-electron chi connectivity index (χ0n) is 17.6. The molecule has 1 atom stereocenters. The molecule has 2 aromatic heterocycles. The third-order valence-electron chi connectivity index (χ3n) is 5.71. The monoisotopic (exact) mass is 415 g/mol. The molecule has 0 spiro atoms. The largest absolute Gasteiger partial charge is 0.379 e. The normalized spacial score (nSPS) is 19.9. The number of morpholine rings is 1. The van der Waals surface area contributed by atoms with Gasteiger partial charge in [-0.05, 0) is 18.6 Å². The van der Waals surface area contributed by atoms with Gasteiger partial charge in [0, 0.05) is 65.5 Å². The van der Waals surface area contributed by atoms with Gasteiger partial charge in [0.15, 0.2) is 5.65 Å². The summed E-state index contributed by atoms with van der Waals surface area (Å²) in [7, 11) is 3.51. The predicted octanol–water partition coefficient (Wildman–Crippen LogP) is 0.262. The summed E-state index contributed by atoms with van der Waals surface area (Å²) >= 11 is 0. The third-order valence-corrected chi connectivity index (χ3v) is 5.71. The quantitative estimate of drug-likeness (QED) is 0.753. The highest BCUT2D eigenvalue weighted by molar-refractivity contribution is 5.94. The first-order chi connectivity index (χ1) is 14.5. The highest BCUT2D eigenvalue weighted by Crippen LogP contribution is 2.27. The van der Waals surface area contributed by atoms with E-state index in [0.29, 0.717) is 30.8 Å². The van der Waals surface area contributed by atoms with Crippen molar-refractivity contribution >= 4 is 17.6 Å². The third kappa shape index (κ3) is 4.39. The molecule has 2 saturated heterocycles. The van der Waals surface area contributed by atoms with E-state index in [0.717, 1.165) is 45.1 Å². The molecule has 0 aromatic carbocycles. The number of hydrogen-bond acceptors (Lipinski definition) is 6. The van der Waals surface area contributed by atoms with Crippen molar-refractivity contribution in [1.82, 2.24) is 34.6 Å². The zero-order chi connectivity index (χ0) is 21.1. The molecule has 0 unspecified atom stereocenters. The summed E-state index contributed by atoms with van der Waals surface area (Å²) in [6.07, 6.45) is 2.63. The lowest BCUT2D eigenvalue weighted by Gasteiger charge is -2.26. The first-order valence-corrected chi connectivity index (χ1v) is 10.4. The summed E-state index contributed by atoms with van der Waals surface area (Å²) < 4.78 is 7.23. The Hall–Kier alpha value is -2.72. The van der Waals surface area contributed by atoms with E-state index >= 15 is 0 Å². The summed E-state index contributed by atoms with van der Waals surface area (Å²) in [4.78, 5) is 30.6. The minimum absolute atomic E-state index is 0.00616. The van der Waals surface area contributed by atoms with Crippen molar-refractivity contribution in [2.24, 2.45) is 0 Å². The minimum Gasteiger partial charge on any atom is -0.379 e. The number of aromatic nitrogens is 3. The fourth-order valence-corrected chi connectivity index (χ4v) is 4.00. The van der Waals surface area contributed by atoms with E-state index in [-0.39, 0.29) is 17.9 Å². The van der Waals surface area contributed by atoms with Crippen molar-refractivity contribution in [2.75, 3.05) is 66.6 Å². The summed E-state index contributed by atoms with van der Waals surface area (Å²) in [6.45, 7) is 6.01. The van der Waals surface area contributed by atoms with Gasteiger partial charge in [-0.25, -0.2) is 4.79 Å². The Kier molecular flexibility index (Phi) is 6.14. The Morgan fingerprint density at radius 2 is 2.00 bits per heavy atom. The smallest absolute Gasteiger partial charge is 0.319 e. The molecule has 4 rings (SSSR count). The molecule has 3 amide bonds. The highest BCUT2D eigenvalue weighted by atomic mass is 16.5. The van der Waals surface area contributed by atoms with Crippen LogP contribution in [-0.4, -0.2) is 108 Å². The van der Waals surface area contributed by atoms with E-state index < -0.39 is 0 Å². The lowest BCUT2D eigenvalue weighted by Crippen LogP contribution is -2.41. The Labute approximate surface area is 175 Å². The van der Waals surface area contributed by atoms with Gasteiger partial charge in [-0.3, -0.25) is 14.1 Å². The van der Waals surface area contributed by atoms with E-state index in [4.69, 9.17) is 4.74 Å². The van der Waals surface area contributed by atoms with Crippen molar-refractivity contribution in [3.05, 3.63) is 29.7 Å². The van der Waals surface area contributed by atoms with Crippen LogP contribution in [0.2, 0.25) is 0 Å². The average molecular weight is 415 g/mol. The van der Waals surface area contributed by atoms with Crippen LogP contribution < -0.4 is 5.32 Å². The van der Waals surface area contributed by atoms with Crippen molar-refractivity contribution in [1.29, 1.82) is 0 Å². The van der Waals surface area contributed by atoms with Crippen molar-refractivity contribution in [3.8, 4) is 0 Å². The first kappa shape index (κ1) is 20.5. The summed E-state index contributed by atoms with van der Waals surface area (Å²) in [5, 5.41) is 11.6. The second-order valence-electron chi connectivity index (χ2n) is 8.02. The lowest BCUT2D eigenvalue weighted by atomic mass is 10.1. The second-order valence-corrected chi connectivity index (χ2v) is 8.02. The number of fused-ring (bicyclic) bond motifs is 1. The maximum absolute atomic E-state index is 12.6. The highest BCUT2D eigenvalue weighted by Gasteiger charge is 2.31. The zero-order valence-corrected chi connectivity index (χ0v) is 17.6. The lowest BCUT2D eigenvalue weighted by molar-refractivity contribution is 0.0383. The Morgan fingerprint density at radius 1 is 1.20 bits per heavy atom. The van der Waals surface area contributed by atoms with Crippen LogP contribution in [0.1, 0.15) is 28.5 Å². The van der Waals surface area contributed by atoms with Crippen LogP contribution in [0.5, 0.6) is 0 Å². The van der Waals surface area contributed by atoms with Crippen LogP contribution in [0, 0.1) is 0 Å². The maximum atomic E-state index is 12.6. The van der Waals surface area contributed by atoms with E-state index in [1.165, 1.54) is 0 Å². The average Bonchev–Trinajstić information content (AvgIpc) is 3.40. The molecular weight excluding hydrogens is 386 g/mol. The van der Waals surface area contributed by atoms with Crippen LogP contribution in [0.3, 0.4) is 0 Å². The van der Waals surface area contributed by atoms with Gasteiger partial charge in [0.2, 0.25) is 0 Å². The number of ether oxygens (including phenoxy) is 1. The van der Waals surface area contributed by atoms with Gasteiger partial charge in [0.05, 0.1) is 18.8 Å². The minimum atomic E-state index is -0.111. The van der Waals surface area contributed by atoms with Gasteiger partial charge in [-0.1, -0.05) is 0 Å². The van der Waals surface area contributed by atoms with Crippen LogP contribution >= 0.6 is 0 Å². The first-order valence-electron chi connectivity index (χ1n) is 10.4. The van der Waals surface area contributed by atoms with Crippen LogP contribution in [0.25, 0.3) is 5.65 Å². The number of urea groups is 1. The molecule has 0 saturated carbocycles. The van der Waals surface area contributed by atoms with Crippen molar-refractivity contribution in [2.45, 2.75) is 12.3 Å². The van der Waals surface area contributed by atoms with Gasteiger partial charge in [-0.15, -0.1) is 10.2 Å². The van der Waals surface area contributed by atoms with Crippen LogP contribution in [-0.2, 0) is 4.74 Å². The molecule has 10 heteroatoms. The fraction of sp³-hybridized carbons (Fsp3) is 0.600. The number of likely N-dealkylation sites (tertiary alicyclic amines) is 1. The number of nitrogens with zero attached hydrogens (tertiary/aromatic N) is 6. The fourth-order valence-electron chi connectivity index (χ4n) is 4.00. The number of amides is 3. The molecule has 0 radical (unpaired) electrons. The molecule has 2 fully saturated rings. The summed E-state index contributed by atoms with van der Waals surface area (Å²) in [6, 6.07) is 3.59. The summed E-state index contributed by atoms with van der Waals surface area (Å²) in [5.74, 6) is 0.784. The number of rotatable bonds is 5. The summed E-state index contributed by atoms with van der Waals surface area (Å²) in [5.41, 5.74) is 1.28. The standard InChI is InChI=1S/C20H29N7O3/c1-24(2)20(29)26-7-5-15(13-26)18-23-22-17-4-3-16(14-27(17)18)19(28)21-6-8-25-9-11-30-12-10-25/h3-4,14-15H,5-13H2,1-2H3,(H,21,28)/t15-/m0/s1. The number of nitrogens with one attached hydrogen (secondary N) is 1. The molecule has 2 aliphatic rings. The van der Waals surface area contributed by atoms with Crippen LogP contribution in [0.15, 0.2) is 18.3 Å². The predicted molar refractivity (Wildman–Crippen MR) is 111 cm³/mol. The van der Waals surface area contributed by atoms with E-state index in [2.05, 4.69) is 20.4 Å². The van der Waals surface area contributed by atoms with Gasteiger partial charge in [0.1, 0.15) is 5.82 Å². The number of pyridine rings is 1. The topological polar surface area (TPSA) is 95.3 Å². The molecule has 2 aliphatic heterocycles. The Bertz CT molecular complexity index is 907. The van der Waals surface area contributed by atoms with Gasteiger partial charge in [-0.2, -0.15) is 0 Å². The molecule has 1 N–H and O–H groups in total. The van der Waals surface area contributed by atoms with E-state index in [1.54, 1.807) is 31.3 Å². The molecule has 162 valence electrons. The number of carbonyl (C=O) groups excluding carboxylic acids is 2. The van der Waals surface area contributed by atoms with E-state index in [1.807, 2.05) is 15.4 Å². The molecule has 4 heterocycles. The van der Waals surface area contributed by atoms with Crippen LogP contribution in [0.4, 0.5) is 4.79 Å².